The lowest BCUT2D eigenvalue weighted by Gasteiger charge is -2.27. The van der Waals surface area contributed by atoms with Gasteiger partial charge in [-0.3, -0.25) is 9.59 Å². The molecule has 0 spiro atoms. The van der Waals surface area contributed by atoms with E-state index in [1.165, 1.54) is 25.1 Å². The zero-order valence-corrected chi connectivity index (χ0v) is 16.4. The molecule has 0 aliphatic rings. The number of rotatable bonds is 8. The van der Waals surface area contributed by atoms with Gasteiger partial charge in [-0.15, -0.1) is 0 Å². The second-order valence-corrected chi connectivity index (χ2v) is 5.99. The molecule has 3 N–H and O–H groups in total. The molecule has 0 heterocycles. The number of hydrogen-bond donors (Lipinski definition) is 2. The number of hydrogen-bond acceptors (Lipinski definition) is 10. The number of carboxylic acids is 1. The molecule has 0 aromatic heterocycles. The van der Waals surface area contributed by atoms with E-state index in [0.717, 1.165) is 14.2 Å². The number of carbonyl (C=O) groups excluding carboxylic acids is 3. The summed E-state index contributed by atoms with van der Waals surface area (Å²) in [5, 5.41) is 9.37. The summed E-state index contributed by atoms with van der Waals surface area (Å²) in [4.78, 5) is 45.5. The van der Waals surface area contributed by atoms with Crippen molar-refractivity contribution in [1.82, 2.24) is 0 Å². The number of carbonyl (C=O) groups is 4. The molecular weight excluding hydrogens is 390 g/mol. The third-order valence-electron chi connectivity index (χ3n) is 3.91. The Bertz CT molecular complexity index is 763. The van der Waals surface area contributed by atoms with Crippen LogP contribution in [0, 0.1) is 5.92 Å². The molecule has 160 valence electrons. The molecule has 3 atom stereocenters. The molecule has 0 radical (unpaired) electrons. The van der Waals surface area contributed by atoms with Gasteiger partial charge in [0.2, 0.25) is 0 Å². The van der Waals surface area contributed by atoms with Crippen molar-refractivity contribution >= 4 is 24.2 Å². The minimum absolute atomic E-state index is 0.0887. The molecular formula is C18H23NO10. The molecule has 1 aromatic rings. The average Bonchev–Trinajstić information content (AvgIpc) is 2.67. The molecule has 0 amide bonds. The van der Waals surface area contributed by atoms with Crippen molar-refractivity contribution in [2.45, 2.75) is 25.8 Å². The van der Waals surface area contributed by atoms with E-state index in [1.807, 2.05) is 0 Å². The highest BCUT2D eigenvalue weighted by Gasteiger charge is 2.32. The second-order valence-electron chi connectivity index (χ2n) is 5.99. The quantitative estimate of drug-likeness (QED) is 0.362. The van der Waals surface area contributed by atoms with Crippen molar-refractivity contribution in [2.75, 3.05) is 20.8 Å². The topological polar surface area (TPSA) is 161 Å². The van der Waals surface area contributed by atoms with Crippen molar-refractivity contribution in [2.24, 2.45) is 11.7 Å². The summed E-state index contributed by atoms with van der Waals surface area (Å²) >= 11 is 0. The van der Waals surface area contributed by atoms with Crippen LogP contribution in [-0.4, -0.2) is 56.2 Å². The first kappa shape index (κ1) is 23.7. The lowest BCUT2D eigenvalue weighted by molar-refractivity contribution is -0.142. The average molecular weight is 413 g/mol. The fourth-order valence-electron chi connectivity index (χ4n) is 2.55. The monoisotopic (exact) mass is 413 g/mol. The number of methoxy groups -OCH3 is 2. The summed E-state index contributed by atoms with van der Waals surface area (Å²) in [6.45, 7) is 2.78. The van der Waals surface area contributed by atoms with Crippen LogP contribution in [0.1, 0.15) is 25.3 Å². The summed E-state index contributed by atoms with van der Waals surface area (Å²) in [5.41, 5.74) is 6.18. The van der Waals surface area contributed by atoms with Crippen LogP contribution in [-0.2, 0) is 23.8 Å². The first-order valence-corrected chi connectivity index (χ1v) is 8.38. The maximum atomic E-state index is 11.5. The number of nitrogens with two attached hydrogens (primary N) is 1. The summed E-state index contributed by atoms with van der Waals surface area (Å²) < 4.78 is 23.7. The van der Waals surface area contributed by atoms with Gasteiger partial charge in [-0.05, 0) is 23.6 Å². The highest BCUT2D eigenvalue weighted by Crippen LogP contribution is 2.36. The fourth-order valence-corrected chi connectivity index (χ4v) is 2.55. The normalized spacial score (nSPS) is 13.4. The third-order valence-corrected chi connectivity index (χ3v) is 3.91. The van der Waals surface area contributed by atoms with Gasteiger partial charge >= 0.3 is 24.2 Å². The molecule has 11 heteroatoms. The van der Waals surface area contributed by atoms with E-state index in [-0.39, 0.29) is 18.1 Å². The van der Waals surface area contributed by atoms with Crippen molar-refractivity contribution in [3.8, 4) is 11.5 Å². The van der Waals surface area contributed by atoms with Gasteiger partial charge in [0.1, 0.15) is 6.04 Å². The maximum absolute atomic E-state index is 11.5. The van der Waals surface area contributed by atoms with E-state index >= 15 is 0 Å². The molecule has 1 aromatic carbocycles. The van der Waals surface area contributed by atoms with Crippen molar-refractivity contribution < 1.29 is 48.0 Å². The zero-order valence-electron chi connectivity index (χ0n) is 16.4. The van der Waals surface area contributed by atoms with Gasteiger partial charge in [0.05, 0.1) is 20.8 Å². The molecule has 2 unspecified atom stereocenters. The Morgan fingerprint density at radius 3 is 2.07 bits per heavy atom. The summed E-state index contributed by atoms with van der Waals surface area (Å²) in [6, 6.07) is 2.65. The van der Waals surface area contributed by atoms with Crippen LogP contribution in [0.25, 0.3) is 0 Å². The Morgan fingerprint density at radius 1 is 1.03 bits per heavy atom. The SMILES string of the molecule is COC(=O)Oc1ccc(C(C(C)COC(C)=O)[C@H](N)C(=O)O)cc1OC(=O)OC. The molecule has 0 saturated heterocycles. The largest absolute Gasteiger partial charge is 0.513 e. The maximum Gasteiger partial charge on any atom is 0.513 e. The standard InChI is InChI=1S/C18H23NO10/c1-9(8-27-10(2)20)14(15(19)16(21)22)11-5-6-12(28-17(23)25-3)13(7-11)29-18(24)26-4/h5-7,9,14-15H,8,19H2,1-4H3,(H,21,22)/t9?,14?,15-/m0/s1. The van der Waals surface area contributed by atoms with Crippen LogP contribution in [0.5, 0.6) is 11.5 Å². The smallest absolute Gasteiger partial charge is 0.480 e. The van der Waals surface area contributed by atoms with Crippen LogP contribution in [0.15, 0.2) is 18.2 Å². The first-order valence-electron chi connectivity index (χ1n) is 8.38. The van der Waals surface area contributed by atoms with Crippen LogP contribution in [0.3, 0.4) is 0 Å². The van der Waals surface area contributed by atoms with Crippen LogP contribution < -0.4 is 15.2 Å². The predicted molar refractivity (Wildman–Crippen MR) is 96.7 cm³/mol. The molecule has 0 fully saturated rings. The number of benzene rings is 1. The molecule has 0 aliphatic carbocycles. The lowest BCUT2D eigenvalue weighted by Crippen LogP contribution is -2.40. The zero-order chi connectivity index (χ0) is 22.1. The summed E-state index contributed by atoms with van der Waals surface area (Å²) in [7, 11) is 2.17. The number of esters is 1. The molecule has 0 aliphatic heterocycles. The number of ether oxygens (including phenoxy) is 5. The first-order chi connectivity index (χ1) is 13.6. The highest BCUT2D eigenvalue weighted by molar-refractivity contribution is 5.75. The molecule has 0 saturated carbocycles. The second kappa shape index (κ2) is 10.9. The predicted octanol–water partition coefficient (Wildman–Crippen LogP) is 1.67. The Kier molecular flexibility index (Phi) is 8.87. The summed E-state index contributed by atoms with van der Waals surface area (Å²) in [6.07, 6.45) is -2.15. The Labute approximate surface area is 166 Å². The summed E-state index contributed by atoms with van der Waals surface area (Å²) in [5.74, 6) is -3.54. The van der Waals surface area contributed by atoms with E-state index in [1.54, 1.807) is 6.92 Å². The van der Waals surface area contributed by atoms with Gasteiger partial charge in [0.15, 0.2) is 11.5 Å². The van der Waals surface area contributed by atoms with Gasteiger partial charge in [0, 0.05) is 12.8 Å². The van der Waals surface area contributed by atoms with Crippen LogP contribution in [0.2, 0.25) is 0 Å². The number of aliphatic carboxylic acids is 1. The van der Waals surface area contributed by atoms with Gasteiger partial charge in [-0.1, -0.05) is 13.0 Å². The van der Waals surface area contributed by atoms with E-state index < -0.39 is 42.1 Å². The third kappa shape index (κ3) is 6.96. The minimum atomic E-state index is -1.36. The fraction of sp³-hybridized carbons (Fsp3) is 0.444. The van der Waals surface area contributed by atoms with Crippen molar-refractivity contribution in [1.29, 1.82) is 0 Å². The lowest BCUT2D eigenvalue weighted by atomic mass is 9.82. The molecule has 1 rings (SSSR count). The van der Waals surface area contributed by atoms with E-state index in [0.29, 0.717) is 5.56 Å². The molecule has 29 heavy (non-hydrogen) atoms. The van der Waals surface area contributed by atoms with Crippen molar-refractivity contribution in [3.63, 3.8) is 0 Å². The Morgan fingerprint density at radius 2 is 1.59 bits per heavy atom. The van der Waals surface area contributed by atoms with Gasteiger partial charge < -0.3 is 34.5 Å². The molecule has 0 bridgehead atoms. The van der Waals surface area contributed by atoms with E-state index in [2.05, 4.69) is 9.47 Å². The Hall–Kier alpha value is -3.34. The molecule has 11 nitrogen and oxygen atoms in total. The van der Waals surface area contributed by atoms with E-state index in [9.17, 15) is 24.3 Å². The number of carboxylic acid groups (broad SMARTS) is 1. The van der Waals surface area contributed by atoms with Gasteiger partial charge in [-0.25, -0.2) is 9.59 Å². The Balaban J connectivity index is 3.37. The van der Waals surface area contributed by atoms with Crippen LogP contribution >= 0.6 is 0 Å². The van der Waals surface area contributed by atoms with E-state index in [4.69, 9.17) is 19.9 Å². The van der Waals surface area contributed by atoms with Gasteiger partial charge in [-0.2, -0.15) is 0 Å². The minimum Gasteiger partial charge on any atom is -0.480 e. The van der Waals surface area contributed by atoms with Crippen molar-refractivity contribution in [3.05, 3.63) is 23.8 Å². The van der Waals surface area contributed by atoms with Gasteiger partial charge in [0.25, 0.3) is 0 Å². The highest BCUT2D eigenvalue weighted by atomic mass is 16.7. The van der Waals surface area contributed by atoms with Crippen LogP contribution in [0.4, 0.5) is 9.59 Å².